The van der Waals surface area contributed by atoms with E-state index >= 15 is 0 Å². The fourth-order valence-corrected chi connectivity index (χ4v) is 3.20. The summed E-state index contributed by atoms with van der Waals surface area (Å²) in [6.07, 6.45) is 1.70. The van der Waals surface area contributed by atoms with Gasteiger partial charge in [-0.1, -0.05) is 29.8 Å². The zero-order chi connectivity index (χ0) is 16.8. The van der Waals surface area contributed by atoms with Crippen molar-refractivity contribution in [3.05, 3.63) is 64.2 Å². The van der Waals surface area contributed by atoms with Gasteiger partial charge in [-0.15, -0.1) is 0 Å². The van der Waals surface area contributed by atoms with E-state index < -0.39 is 0 Å². The zero-order valence-electron chi connectivity index (χ0n) is 14.5. The molecule has 0 aromatic heterocycles. The van der Waals surface area contributed by atoms with Crippen LogP contribution in [0.2, 0.25) is 0 Å². The summed E-state index contributed by atoms with van der Waals surface area (Å²) in [5, 5.41) is 9.56. The molecule has 0 bridgehead atoms. The van der Waals surface area contributed by atoms with E-state index in [1.807, 2.05) is 18.2 Å². The summed E-state index contributed by atoms with van der Waals surface area (Å²) in [5.74, 6) is 0.845. The van der Waals surface area contributed by atoms with E-state index in [0.717, 1.165) is 18.6 Å². The molecule has 0 spiro atoms. The van der Waals surface area contributed by atoms with Gasteiger partial charge in [0, 0.05) is 0 Å². The van der Waals surface area contributed by atoms with E-state index in [0.29, 0.717) is 6.61 Å². The van der Waals surface area contributed by atoms with E-state index in [4.69, 9.17) is 4.74 Å². The molecule has 0 aliphatic heterocycles. The van der Waals surface area contributed by atoms with E-state index in [1.165, 1.54) is 27.8 Å². The maximum absolute atomic E-state index is 9.56. The second kappa shape index (κ2) is 7.83. The van der Waals surface area contributed by atoms with Gasteiger partial charge in [0.2, 0.25) is 0 Å². The minimum Gasteiger partial charge on any atom is -0.494 e. The summed E-state index contributed by atoms with van der Waals surface area (Å²) in [4.78, 5) is 0. The van der Waals surface area contributed by atoms with Gasteiger partial charge in [-0.25, -0.2) is 0 Å². The number of rotatable bonds is 6. The Morgan fingerprint density at radius 1 is 1.00 bits per heavy atom. The largest absolute Gasteiger partial charge is 0.494 e. The molecule has 0 N–H and O–H groups in total. The quantitative estimate of drug-likeness (QED) is 0.671. The maximum Gasteiger partial charge on any atom is 0.119 e. The van der Waals surface area contributed by atoms with Gasteiger partial charge in [0.15, 0.2) is 0 Å². The van der Waals surface area contributed by atoms with Crippen LogP contribution in [0.3, 0.4) is 0 Å². The van der Waals surface area contributed by atoms with Gasteiger partial charge in [-0.3, -0.25) is 0 Å². The number of benzene rings is 2. The van der Waals surface area contributed by atoms with Crippen molar-refractivity contribution in [1.29, 1.82) is 5.26 Å². The second-order valence-electron chi connectivity index (χ2n) is 6.30. The molecule has 1 atom stereocenters. The van der Waals surface area contributed by atoms with Crippen LogP contribution >= 0.6 is 0 Å². The number of ether oxygens (including phenoxy) is 1. The summed E-state index contributed by atoms with van der Waals surface area (Å²) >= 11 is 0. The standard InChI is InChI=1S/C21H25NO/c1-15-7-5-9-20(13-15)23-10-6-8-19(14-22)21-17(3)11-16(2)12-18(21)4/h5,7,9,11-13,19H,6,8,10H2,1-4H3. The number of hydrogen-bond donors (Lipinski definition) is 0. The molecule has 2 nitrogen and oxygen atoms in total. The van der Waals surface area contributed by atoms with Crippen LogP contribution < -0.4 is 4.74 Å². The van der Waals surface area contributed by atoms with Crippen molar-refractivity contribution in [2.24, 2.45) is 0 Å². The molecular weight excluding hydrogens is 282 g/mol. The summed E-state index contributed by atoms with van der Waals surface area (Å²) in [6.45, 7) is 9.00. The first kappa shape index (κ1) is 17.1. The molecular formula is C21H25NO. The van der Waals surface area contributed by atoms with E-state index in [1.54, 1.807) is 0 Å². The van der Waals surface area contributed by atoms with Crippen molar-refractivity contribution in [2.75, 3.05) is 6.61 Å². The molecule has 23 heavy (non-hydrogen) atoms. The number of nitrogens with zero attached hydrogens (tertiary/aromatic N) is 1. The smallest absolute Gasteiger partial charge is 0.119 e. The minimum absolute atomic E-state index is 0.0586. The Bertz CT molecular complexity index is 689. The third kappa shape index (κ3) is 4.60. The highest BCUT2D eigenvalue weighted by molar-refractivity contribution is 5.42. The third-order valence-electron chi connectivity index (χ3n) is 4.14. The van der Waals surface area contributed by atoms with Gasteiger partial charge < -0.3 is 4.74 Å². The predicted octanol–water partition coefficient (Wildman–Crippen LogP) is 5.39. The molecule has 0 saturated heterocycles. The molecule has 0 amide bonds. The van der Waals surface area contributed by atoms with Crippen LogP contribution in [0, 0.1) is 39.0 Å². The second-order valence-corrected chi connectivity index (χ2v) is 6.30. The van der Waals surface area contributed by atoms with Gasteiger partial charge in [0.05, 0.1) is 18.6 Å². The minimum atomic E-state index is -0.0586. The SMILES string of the molecule is Cc1cccc(OCCCC(C#N)c2c(C)cc(C)cc2C)c1. The van der Waals surface area contributed by atoms with Gasteiger partial charge in [0.1, 0.15) is 5.75 Å². The van der Waals surface area contributed by atoms with Gasteiger partial charge in [0.25, 0.3) is 0 Å². The number of nitriles is 1. The van der Waals surface area contributed by atoms with Crippen LogP contribution in [-0.2, 0) is 0 Å². The number of aryl methyl sites for hydroxylation is 4. The lowest BCUT2D eigenvalue weighted by Gasteiger charge is -2.16. The van der Waals surface area contributed by atoms with Crippen molar-refractivity contribution in [2.45, 2.75) is 46.5 Å². The summed E-state index contributed by atoms with van der Waals surface area (Å²) in [5.41, 5.74) is 6.07. The monoisotopic (exact) mass is 307 g/mol. The molecule has 120 valence electrons. The Kier molecular flexibility index (Phi) is 5.82. The predicted molar refractivity (Wildman–Crippen MR) is 94.9 cm³/mol. The molecule has 2 heteroatoms. The first-order chi connectivity index (χ1) is 11.0. The van der Waals surface area contributed by atoms with Gasteiger partial charge in [-0.05, 0) is 74.9 Å². The molecule has 0 aliphatic carbocycles. The van der Waals surface area contributed by atoms with Gasteiger partial charge >= 0.3 is 0 Å². The summed E-state index contributed by atoms with van der Waals surface area (Å²) in [6, 6.07) is 14.9. The van der Waals surface area contributed by atoms with Crippen molar-refractivity contribution >= 4 is 0 Å². The molecule has 2 aromatic rings. The molecule has 0 saturated carbocycles. The van der Waals surface area contributed by atoms with Gasteiger partial charge in [-0.2, -0.15) is 5.26 Å². The Hall–Kier alpha value is -2.27. The average Bonchev–Trinajstić information content (AvgIpc) is 2.48. The van der Waals surface area contributed by atoms with Crippen molar-refractivity contribution in [1.82, 2.24) is 0 Å². The average molecular weight is 307 g/mol. The van der Waals surface area contributed by atoms with E-state index in [-0.39, 0.29) is 5.92 Å². The van der Waals surface area contributed by atoms with Crippen LogP contribution in [0.4, 0.5) is 0 Å². The first-order valence-electron chi connectivity index (χ1n) is 8.18. The van der Waals surface area contributed by atoms with E-state index in [2.05, 4.69) is 52.0 Å². The molecule has 2 aromatic carbocycles. The van der Waals surface area contributed by atoms with Crippen LogP contribution in [0.1, 0.15) is 46.6 Å². The molecule has 1 unspecified atom stereocenters. The first-order valence-corrected chi connectivity index (χ1v) is 8.18. The highest BCUT2D eigenvalue weighted by atomic mass is 16.5. The lowest BCUT2D eigenvalue weighted by atomic mass is 9.87. The Labute approximate surface area is 139 Å². The molecule has 0 radical (unpaired) electrons. The third-order valence-corrected chi connectivity index (χ3v) is 4.14. The fraction of sp³-hybridized carbons (Fsp3) is 0.381. The van der Waals surface area contributed by atoms with E-state index in [9.17, 15) is 5.26 Å². The van der Waals surface area contributed by atoms with Crippen molar-refractivity contribution in [3.63, 3.8) is 0 Å². The maximum atomic E-state index is 9.56. The topological polar surface area (TPSA) is 33.0 Å². The Morgan fingerprint density at radius 3 is 2.30 bits per heavy atom. The Balaban J connectivity index is 1.95. The van der Waals surface area contributed by atoms with Crippen LogP contribution in [-0.4, -0.2) is 6.61 Å². The summed E-state index contributed by atoms with van der Waals surface area (Å²) in [7, 11) is 0. The molecule has 0 fully saturated rings. The van der Waals surface area contributed by atoms with Crippen LogP contribution in [0.5, 0.6) is 5.75 Å². The molecule has 2 rings (SSSR count). The molecule has 0 heterocycles. The highest BCUT2D eigenvalue weighted by Gasteiger charge is 2.16. The van der Waals surface area contributed by atoms with Crippen LogP contribution in [0.15, 0.2) is 36.4 Å². The molecule has 0 aliphatic rings. The summed E-state index contributed by atoms with van der Waals surface area (Å²) < 4.78 is 5.79. The highest BCUT2D eigenvalue weighted by Crippen LogP contribution is 2.28. The number of hydrogen-bond acceptors (Lipinski definition) is 2. The lowest BCUT2D eigenvalue weighted by molar-refractivity contribution is 0.304. The van der Waals surface area contributed by atoms with Crippen LogP contribution in [0.25, 0.3) is 0 Å². The lowest BCUT2D eigenvalue weighted by Crippen LogP contribution is -2.05. The zero-order valence-corrected chi connectivity index (χ0v) is 14.5. The van der Waals surface area contributed by atoms with Crippen molar-refractivity contribution in [3.8, 4) is 11.8 Å². The Morgan fingerprint density at radius 2 is 1.70 bits per heavy atom. The fourth-order valence-electron chi connectivity index (χ4n) is 3.20. The van der Waals surface area contributed by atoms with Crippen molar-refractivity contribution < 1.29 is 4.74 Å². The normalized spacial score (nSPS) is 11.8.